The Kier molecular flexibility index (Phi) is 30.6. The van der Waals surface area contributed by atoms with Gasteiger partial charge in [-0.2, -0.15) is 4.58 Å². The number of urea groups is 1. The zero-order valence-corrected chi connectivity index (χ0v) is 64.1. The van der Waals surface area contributed by atoms with Gasteiger partial charge in [0.1, 0.15) is 78.6 Å². The number of amides is 5. The lowest BCUT2D eigenvalue weighted by atomic mass is 9.81. The summed E-state index contributed by atoms with van der Waals surface area (Å²) in [7, 11) is 0. The summed E-state index contributed by atoms with van der Waals surface area (Å²) in [5.74, 6) is -6.43. The second-order valence-electron chi connectivity index (χ2n) is 30.5. The van der Waals surface area contributed by atoms with Gasteiger partial charge in [-0.25, -0.2) is 9.59 Å². The summed E-state index contributed by atoms with van der Waals surface area (Å²) in [6, 6.07) is 23.1. The standard InChI is InChI=1S/C83H105N7O23/c1-47-26-35-60-56(39-47)83(4,5)65(90(60)44-68(97)88-71-75(103)73(101)63(46-92)113-80(71)109)37-30-51-20-15-19-50(29-36-64-82(2,3)55-22-13-14-23-59(55)89(64)43-67(96)87-70-74(102)72(100)62(45-91)112-79(70)108)76(51)111-54-32-27-49(28-33-54)40-52(77(104)105)42-61(94)58(41-48-17-9-8-10-18-48)85-66(95)24-12-7-6-11-21-53(93)31-34-57(78(106)107)86-81(110)84-38-16-25-69(98)99/h8-10,13-14,17-18,22-23,26-30,32-33,35-37,39,52,57-58,62-63,70-75,79-80,91-92,100-103,108-109H,6-7,11-12,15-16,19-21,24-25,31,34,38,40-46H2,1-5H3,(H7-,84,85,86,87,88,95,96,97,98,99,104,105,106,107,110)/p+1/t52-,57-,58+,62?,63?,70?,71?,72?,73?,74?,75?,79?,80?/m1/s1. The number of carboxylic acids is 3. The second kappa shape index (κ2) is 39.7. The van der Waals surface area contributed by atoms with E-state index in [2.05, 4.69) is 26.6 Å². The number of carbonyl (C=O) groups is 9. The molecular formula is C83H106N7O23+. The lowest BCUT2D eigenvalue weighted by Gasteiger charge is -2.40. The number of carbonyl (C=O) groups excluding carboxylic acids is 6. The highest BCUT2D eigenvalue weighted by Crippen LogP contribution is 2.49. The Bertz CT molecular complexity index is 4250. The number of allylic oxidation sites excluding steroid dienone is 7. The van der Waals surface area contributed by atoms with E-state index < -0.39 is 157 Å². The summed E-state index contributed by atoms with van der Waals surface area (Å²) in [6.45, 7) is 8.02. The third-order valence-corrected chi connectivity index (χ3v) is 21.5. The van der Waals surface area contributed by atoms with Crippen LogP contribution in [0.2, 0.25) is 0 Å². The van der Waals surface area contributed by atoms with Gasteiger partial charge < -0.3 is 102 Å². The van der Waals surface area contributed by atoms with Crippen LogP contribution >= 0.6 is 0 Å². The SMILES string of the molecule is Cc1ccc2c(c1)C(C)(C)C(=CC=C1CCCC(C=CC3=[N+](CC(=O)NC4C(O)OC(CO)C(O)C4O)c4ccccc4C3(C)C)=C1Oc1ccc(C[C@H](CC(=O)[C@H](Cc3ccccc3)NC(=O)CCCCCCC(=O)CC[C@@H](NC(=O)NCCCC(=O)O)C(=O)O)C(=O)O)cc1)N2CC(=O)NC1C(O)OC(CO)C(O)C1O. The van der Waals surface area contributed by atoms with Gasteiger partial charge >= 0.3 is 23.9 Å². The van der Waals surface area contributed by atoms with E-state index in [0.29, 0.717) is 84.8 Å². The number of ether oxygens (including phenoxy) is 3. The minimum absolute atomic E-state index is 0.0210. The predicted molar refractivity (Wildman–Crippen MR) is 411 cm³/mol. The van der Waals surface area contributed by atoms with Crippen molar-refractivity contribution in [3.8, 4) is 5.75 Å². The van der Waals surface area contributed by atoms with Gasteiger partial charge in [-0.1, -0.05) is 111 Å². The molecule has 4 aromatic rings. The molecule has 113 heavy (non-hydrogen) atoms. The van der Waals surface area contributed by atoms with Gasteiger partial charge in [-0.3, -0.25) is 33.6 Å². The summed E-state index contributed by atoms with van der Waals surface area (Å²) in [5.41, 5.74) is 6.80. The number of hydrogen-bond acceptors (Lipinski definition) is 21. The van der Waals surface area contributed by atoms with E-state index in [-0.39, 0.29) is 76.8 Å². The molecule has 1 aliphatic carbocycles. The summed E-state index contributed by atoms with van der Waals surface area (Å²) < 4.78 is 19.5. The average Bonchev–Trinajstić information content (AvgIpc) is 1.58. The third-order valence-electron chi connectivity index (χ3n) is 21.5. The topological polar surface area (TPSA) is 470 Å². The Morgan fingerprint density at radius 1 is 0.619 bits per heavy atom. The summed E-state index contributed by atoms with van der Waals surface area (Å²) in [6.07, 6.45) is -2.01. The minimum Gasteiger partial charge on any atom is -0.481 e. The fourth-order valence-corrected chi connectivity index (χ4v) is 15.1. The van der Waals surface area contributed by atoms with Crippen LogP contribution < -0.4 is 36.2 Å². The van der Waals surface area contributed by atoms with Gasteiger partial charge in [0.25, 0.3) is 5.91 Å². The number of aliphatic hydroxyl groups excluding tert-OH is 8. The maximum atomic E-state index is 14.4. The smallest absolute Gasteiger partial charge is 0.326 e. The van der Waals surface area contributed by atoms with Crippen molar-refractivity contribution in [3.05, 3.63) is 172 Å². The number of aliphatic carboxylic acids is 3. The highest BCUT2D eigenvalue weighted by molar-refractivity contribution is 6.04. The van der Waals surface area contributed by atoms with Gasteiger partial charge in [0.15, 0.2) is 24.1 Å². The van der Waals surface area contributed by atoms with Crippen molar-refractivity contribution in [2.75, 3.05) is 37.7 Å². The quantitative estimate of drug-likeness (QED) is 0.0222. The molecule has 10 unspecified atom stereocenters. The van der Waals surface area contributed by atoms with Crippen LogP contribution in [0.25, 0.3) is 0 Å². The molecule has 0 aromatic heterocycles. The third kappa shape index (κ3) is 22.5. The number of anilines is 1. The van der Waals surface area contributed by atoms with Crippen LogP contribution in [-0.2, 0) is 71.5 Å². The second-order valence-corrected chi connectivity index (χ2v) is 30.5. The monoisotopic (exact) mass is 1570 g/mol. The number of aliphatic hydroxyl groups is 8. The highest BCUT2D eigenvalue weighted by Gasteiger charge is 2.49. The minimum atomic E-state index is -1.76. The van der Waals surface area contributed by atoms with Crippen LogP contribution in [0.1, 0.15) is 145 Å². The molecular weight excluding hydrogens is 1460 g/mol. The number of aryl methyl sites for hydroxylation is 1. The maximum absolute atomic E-state index is 14.4. The zero-order chi connectivity index (χ0) is 82.0. The molecule has 4 aromatic carbocycles. The van der Waals surface area contributed by atoms with Crippen molar-refractivity contribution in [2.24, 2.45) is 5.92 Å². The van der Waals surface area contributed by atoms with Gasteiger partial charge in [0.2, 0.25) is 24.0 Å². The van der Waals surface area contributed by atoms with Crippen molar-refractivity contribution in [1.29, 1.82) is 0 Å². The molecule has 5 amide bonds. The molecule has 4 heterocycles. The number of para-hydroxylation sites is 1. The molecule has 0 bridgehead atoms. The van der Waals surface area contributed by atoms with Crippen LogP contribution in [-0.4, -0.2) is 226 Å². The maximum Gasteiger partial charge on any atom is 0.326 e. The number of benzene rings is 4. The number of Topliss-reactive ketones (excluding diaryl/α,β-unsaturated/α-hetero) is 2. The molecule has 0 saturated carbocycles. The molecule has 0 spiro atoms. The molecule has 610 valence electrons. The summed E-state index contributed by atoms with van der Waals surface area (Å²) in [5, 5.41) is 126. The molecule has 9 rings (SSSR count). The van der Waals surface area contributed by atoms with Gasteiger partial charge in [0, 0.05) is 73.2 Å². The van der Waals surface area contributed by atoms with E-state index >= 15 is 0 Å². The number of rotatable bonds is 38. The molecule has 0 radical (unpaired) electrons. The molecule has 2 saturated heterocycles. The average molecular weight is 1570 g/mol. The van der Waals surface area contributed by atoms with Crippen molar-refractivity contribution in [2.45, 2.75) is 222 Å². The summed E-state index contributed by atoms with van der Waals surface area (Å²) >= 11 is 0. The van der Waals surface area contributed by atoms with E-state index in [1.807, 2.05) is 111 Å². The Morgan fingerprint density at radius 2 is 1.25 bits per heavy atom. The number of carboxylic acid groups (broad SMARTS) is 3. The van der Waals surface area contributed by atoms with Crippen molar-refractivity contribution >= 4 is 70.3 Å². The highest BCUT2D eigenvalue weighted by atomic mass is 16.6. The predicted octanol–water partition coefficient (Wildman–Crippen LogP) is 4.12. The lowest BCUT2D eigenvalue weighted by molar-refractivity contribution is -0.425. The van der Waals surface area contributed by atoms with Gasteiger partial charge in [-0.05, 0) is 137 Å². The summed E-state index contributed by atoms with van der Waals surface area (Å²) in [4.78, 5) is 119. The molecule has 4 aliphatic heterocycles. The van der Waals surface area contributed by atoms with Crippen LogP contribution in [0.4, 0.5) is 16.2 Å². The molecule has 30 nitrogen and oxygen atoms in total. The normalized spacial score (nSPS) is 23.9. The van der Waals surface area contributed by atoms with E-state index in [0.717, 1.165) is 33.4 Å². The first-order valence-electron chi connectivity index (χ1n) is 38.3. The van der Waals surface area contributed by atoms with Gasteiger partial charge in [-0.15, -0.1) is 0 Å². The Morgan fingerprint density at radius 3 is 1.88 bits per heavy atom. The Balaban J connectivity index is 0.944. The van der Waals surface area contributed by atoms with E-state index in [4.69, 9.17) is 19.3 Å². The Hall–Kier alpha value is -9.86. The number of nitrogens with one attached hydrogen (secondary N) is 5. The van der Waals surface area contributed by atoms with E-state index in [1.54, 1.807) is 54.6 Å². The lowest BCUT2D eigenvalue weighted by Crippen LogP contribution is -2.64. The number of ketones is 2. The zero-order valence-electron chi connectivity index (χ0n) is 64.1. The van der Waals surface area contributed by atoms with Crippen molar-refractivity contribution in [1.82, 2.24) is 26.6 Å². The van der Waals surface area contributed by atoms with Crippen LogP contribution in [0.5, 0.6) is 5.75 Å². The van der Waals surface area contributed by atoms with Gasteiger partial charge in [0.05, 0.1) is 30.6 Å². The van der Waals surface area contributed by atoms with E-state index in [9.17, 15) is 94.2 Å². The molecule has 13 atom stereocenters. The largest absolute Gasteiger partial charge is 0.481 e. The number of hydrogen-bond donors (Lipinski definition) is 16. The van der Waals surface area contributed by atoms with Crippen molar-refractivity contribution in [3.63, 3.8) is 0 Å². The Labute approximate surface area is 654 Å². The van der Waals surface area contributed by atoms with Crippen LogP contribution in [0.3, 0.4) is 0 Å². The first-order chi connectivity index (χ1) is 53.8. The fourth-order valence-electron chi connectivity index (χ4n) is 15.1. The first kappa shape index (κ1) is 87.1. The molecule has 2 fully saturated rings. The molecule has 30 heteroatoms. The van der Waals surface area contributed by atoms with E-state index in [1.165, 1.54) is 0 Å². The van der Waals surface area contributed by atoms with Crippen LogP contribution in [0.15, 0.2) is 144 Å². The molecule has 5 aliphatic rings. The van der Waals surface area contributed by atoms with Crippen molar-refractivity contribution < 1.29 is 118 Å². The number of nitrogens with zero attached hydrogens (tertiary/aromatic N) is 2. The molecule has 16 N–H and O–H groups in total. The van der Waals surface area contributed by atoms with Crippen LogP contribution in [0, 0.1) is 12.8 Å². The fraction of sp³-hybridized carbons (Fsp3) is 0.494. The first-order valence-corrected chi connectivity index (χ1v) is 38.3. The number of fused-ring (bicyclic) bond motifs is 2. The number of unbranched alkanes of at least 4 members (excludes halogenated alkanes) is 3.